The minimum absolute atomic E-state index is 0.282. The predicted molar refractivity (Wildman–Crippen MR) is 120 cm³/mol. The fourth-order valence-corrected chi connectivity index (χ4v) is 6.16. The monoisotopic (exact) mass is 424 g/mol. The number of anilines is 1. The van der Waals surface area contributed by atoms with Crippen molar-refractivity contribution in [1.29, 1.82) is 0 Å². The van der Waals surface area contributed by atoms with E-state index in [2.05, 4.69) is 68.9 Å². The van der Waals surface area contributed by atoms with Crippen molar-refractivity contribution in [2.75, 3.05) is 44.7 Å². The lowest BCUT2D eigenvalue weighted by Crippen LogP contribution is -2.37. The van der Waals surface area contributed by atoms with Gasteiger partial charge in [0.25, 0.3) is 0 Å². The molecule has 150 valence electrons. The Bertz CT molecular complexity index is 925. The second-order valence-corrected chi connectivity index (χ2v) is 9.61. The smallest absolute Gasteiger partial charge is 0.206 e. The highest BCUT2D eigenvalue weighted by atomic mass is 32.2. The lowest BCUT2D eigenvalue weighted by molar-refractivity contribution is 0.0378. The lowest BCUT2D eigenvalue weighted by atomic mass is 10.1. The topological polar surface area (TPSA) is 50.3 Å². The molecule has 0 bridgehead atoms. The van der Waals surface area contributed by atoms with E-state index in [1.165, 1.54) is 22.3 Å². The Balaban J connectivity index is 1.20. The van der Waals surface area contributed by atoms with Crippen LogP contribution in [0.2, 0.25) is 0 Å². The van der Waals surface area contributed by atoms with Gasteiger partial charge in [0, 0.05) is 19.6 Å². The summed E-state index contributed by atoms with van der Waals surface area (Å²) in [4.78, 5) is 2.46. The van der Waals surface area contributed by atoms with Crippen LogP contribution in [0.5, 0.6) is 0 Å². The van der Waals surface area contributed by atoms with Crippen LogP contribution in [0.15, 0.2) is 52.9 Å². The highest BCUT2D eigenvalue weighted by Crippen LogP contribution is 2.52. The van der Waals surface area contributed by atoms with Gasteiger partial charge in [0.15, 0.2) is 4.34 Å². The molecule has 1 fully saturated rings. The Hall–Kier alpha value is -1.93. The average Bonchev–Trinajstić information content (AvgIpc) is 3.35. The van der Waals surface area contributed by atoms with Crippen LogP contribution in [0.25, 0.3) is 11.1 Å². The summed E-state index contributed by atoms with van der Waals surface area (Å²) in [6.07, 6.45) is 1.10. The summed E-state index contributed by atoms with van der Waals surface area (Å²) in [6.45, 7) is 5.84. The number of aromatic nitrogens is 2. The largest absolute Gasteiger partial charge is 0.379 e. The van der Waals surface area contributed by atoms with E-state index in [4.69, 9.17) is 4.74 Å². The Kier molecular flexibility index (Phi) is 5.80. The Morgan fingerprint density at radius 3 is 2.41 bits per heavy atom. The van der Waals surface area contributed by atoms with Crippen molar-refractivity contribution in [3.63, 3.8) is 0 Å². The average molecular weight is 425 g/mol. The minimum Gasteiger partial charge on any atom is -0.379 e. The maximum absolute atomic E-state index is 5.40. The Labute approximate surface area is 179 Å². The molecule has 5 nitrogen and oxygen atoms in total. The van der Waals surface area contributed by atoms with Gasteiger partial charge in [-0.25, -0.2) is 0 Å². The first kappa shape index (κ1) is 19.1. The van der Waals surface area contributed by atoms with Gasteiger partial charge in [-0.3, -0.25) is 4.90 Å². The van der Waals surface area contributed by atoms with Crippen molar-refractivity contribution < 1.29 is 4.74 Å². The van der Waals surface area contributed by atoms with E-state index in [0.29, 0.717) is 0 Å². The second-order valence-electron chi connectivity index (χ2n) is 7.28. The first-order chi connectivity index (χ1) is 14.4. The van der Waals surface area contributed by atoms with Crippen LogP contribution >= 0.6 is 23.1 Å². The third-order valence-electron chi connectivity index (χ3n) is 5.43. The molecule has 2 heterocycles. The molecular formula is C22H24N4OS2. The number of thioether (sulfide) groups is 1. The van der Waals surface area contributed by atoms with Crippen molar-refractivity contribution in [3.8, 4) is 11.1 Å². The maximum atomic E-state index is 5.40. The van der Waals surface area contributed by atoms with Crippen LogP contribution in [0.4, 0.5) is 5.13 Å². The third-order valence-corrected chi connectivity index (χ3v) is 7.67. The van der Waals surface area contributed by atoms with Gasteiger partial charge in [-0.2, -0.15) is 0 Å². The quantitative estimate of drug-likeness (QED) is 0.562. The minimum atomic E-state index is 0.282. The van der Waals surface area contributed by atoms with Gasteiger partial charge in [0.1, 0.15) is 0 Å². The summed E-state index contributed by atoms with van der Waals surface area (Å²) in [5, 5.41) is 13.4. The van der Waals surface area contributed by atoms with Crippen LogP contribution in [0.1, 0.15) is 22.8 Å². The van der Waals surface area contributed by atoms with Crippen molar-refractivity contribution in [2.24, 2.45) is 0 Å². The molecule has 3 aromatic rings. The SMILES string of the molecule is c1ccc2c(c1)-c1ccccc1C2Sc1nnc(NCCCN2CCOCC2)s1. The van der Waals surface area contributed by atoms with Crippen LogP contribution in [0.3, 0.4) is 0 Å². The van der Waals surface area contributed by atoms with E-state index < -0.39 is 0 Å². The molecule has 0 atom stereocenters. The lowest BCUT2D eigenvalue weighted by Gasteiger charge is -2.26. The molecule has 1 N–H and O–H groups in total. The molecule has 0 saturated carbocycles. The number of nitrogens with zero attached hydrogens (tertiary/aromatic N) is 3. The first-order valence-electron chi connectivity index (χ1n) is 10.1. The normalized spacial score (nSPS) is 16.6. The molecule has 0 radical (unpaired) electrons. The summed E-state index contributed by atoms with van der Waals surface area (Å²) in [5.41, 5.74) is 5.42. The van der Waals surface area contributed by atoms with Crippen molar-refractivity contribution >= 4 is 28.2 Å². The molecule has 1 aliphatic heterocycles. The molecule has 0 spiro atoms. The van der Waals surface area contributed by atoms with Gasteiger partial charge >= 0.3 is 0 Å². The van der Waals surface area contributed by atoms with Gasteiger partial charge in [0.05, 0.1) is 18.5 Å². The number of ether oxygens (including phenoxy) is 1. The zero-order valence-electron chi connectivity index (χ0n) is 16.2. The van der Waals surface area contributed by atoms with E-state index in [9.17, 15) is 0 Å². The van der Waals surface area contributed by atoms with Crippen molar-refractivity contribution in [3.05, 3.63) is 59.7 Å². The number of morpholine rings is 1. The Morgan fingerprint density at radius 2 is 1.69 bits per heavy atom. The van der Waals surface area contributed by atoms with Gasteiger partial charge in [-0.15, -0.1) is 10.2 Å². The first-order valence-corrected chi connectivity index (χ1v) is 11.8. The van der Waals surface area contributed by atoms with Crippen LogP contribution < -0.4 is 5.32 Å². The standard InChI is InChI=1S/C22H24N4OS2/c1-3-8-18-16(6-1)17-7-2-4-9-19(17)20(18)28-22-25-24-21(29-22)23-10-5-11-26-12-14-27-15-13-26/h1-4,6-9,20H,5,10-15H2,(H,23,24). The molecule has 2 aliphatic rings. The predicted octanol–water partition coefficient (Wildman–Crippen LogP) is 4.53. The van der Waals surface area contributed by atoms with Crippen LogP contribution in [0, 0.1) is 0 Å². The number of benzene rings is 2. The fourth-order valence-electron chi connectivity index (χ4n) is 3.99. The van der Waals surface area contributed by atoms with E-state index >= 15 is 0 Å². The highest BCUT2D eigenvalue weighted by molar-refractivity contribution is 8.01. The summed E-state index contributed by atoms with van der Waals surface area (Å²) in [6, 6.07) is 17.4. The van der Waals surface area contributed by atoms with Gasteiger partial charge in [0.2, 0.25) is 5.13 Å². The summed E-state index contributed by atoms with van der Waals surface area (Å²) >= 11 is 3.45. The van der Waals surface area contributed by atoms with E-state index in [-0.39, 0.29) is 5.25 Å². The molecule has 0 amide bonds. The van der Waals surface area contributed by atoms with Crippen molar-refractivity contribution in [2.45, 2.75) is 16.0 Å². The summed E-state index contributed by atoms with van der Waals surface area (Å²) < 4.78 is 6.41. The molecule has 29 heavy (non-hydrogen) atoms. The van der Waals surface area contributed by atoms with Crippen LogP contribution in [-0.2, 0) is 4.74 Å². The third kappa shape index (κ3) is 4.19. The van der Waals surface area contributed by atoms with Gasteiger partial charge in [-0.1, -0.05) is 71.6 Å². The molecular weight excluding hydrogens is 400 g/mol. The molecule has 1 aliphatic carbocycles. The maximum Gasteiger partial charge on any atom is 0.206 e. The van der Waals surface area contributed by atoms with E-state index in [0.717, 1.165) is 55.3 Å². The molecule has 2 aromatic carbocycles. The molecule has 1 aromatic heterocycles. The molecule has 1 saturated heterocycles. The number of hydrogen-bond donors (Lipinski definition) is 1. The van der Waals surface area contributed by atoms with Crippen molar-refractivity contribution in [1.82, 2.24) is 15.1 Å². The zero-order chi connectivity index (χ0) is 19.5. The fraction of sp³-hybridized carbons (Fsp3) is 0.364. The second kappa shape index (κ2) is 8.83. The number of hydrogen-bond acceptors (Lipinski definition) is 7. The molecule has 5 rings (SSSR count). The summed E-state index contributed by atoms with van der Waals surface area (Å²) in [5.74, 6) is 0. The highest BCUT2D eigenvalue weighted by Gasteiger charge is 2.29. The van der Waals surface area contributed by atoms with E-state index in [1.54, 1.807) is 23.1 Å². The molecule has 7 heteroatoms. The number of rotatable bonds is 7. The Morgan fingerprint density at radius 1 is 1.00 bits per heavy atom. The van der Waals surface area contributed by atoms with Gasteiger partial charge < -0.3 is 10.1 Å². The van der Waals surface area contributed by atoms with Crippen LogP contribution in [-0.4, -0.2) is 54.5 Å². The number of fused-ring (bicyclic) bond motifs is 3. The van der Waals surface area contributed by atoms with Gasteiger partial charge in [-0.05, 0) is 35.2 Å². The van der Waals surface area contributed by atoms with E-state index in [1.807, 2.05) is 0 Å². The molecule has 0 unspecified atom stereocenters. The zero-order valence-corrected chi connectivity index (χ0v) is 17.8. The summed E-state index contributed by atoms with van der Waals surface area (Å²) in [7, 11) is 0. The number of nitrogens with one attached hydrogen (secondary N) is 1.